The minimum atomic E-state index is -0.795. The Balaban J connectivity index is 2.26. The molecule has 0 bridgehead atoms. The molecular weight excluding hydrogens is 226 g/mol. The second-order valence-electron chi connectivity index (χ2n) is 3.67. The maximum atomic E-state index is 11.6. The zero-order valence-corrected chi connectivity index (χ0v) is 9.92. The van der Waals surface area contributed by atoms with Gasteiger partial charge in [0.25, 0.3) is 5.91 Å². The molecule has 1 unspecified atom stereocenters. The fraction of sp³-hybridized carbons (Fsp3) is 0.455. The molecule has 0 aliphatic heterocycles. The Morgan fingerprint density at radius 2 is 2.31 bits per heavy atom. The Labute approximate surface area is 98.3 Å². The summed E-state index contributed by atoms with van der Waals surface area (Å²) >= 11 is 1.48. The first-order chi connectivity index (χ1) is 7.59. The van der Waals surface area contributed by atoms with Crippen LogP contribution in [0.5, 0.6) is 0 Å². The van der Waals surface area contributed by atoms with Gasteiger partial charge in [0.1, 0.15) is 0 Å². The summed E-state index contributed by atoms with van der Waals surface area (Å²) in [7, 11) is 0. The maximum absolute atomic E-state index is 11.6. The van der Waals surface area contributed by atoms with Crippen molar-refractivity contribution in [2.45, 2.75) is 32.2 Å². The van der Waals surface area contributed by atoms with Gasteiger partial charge >= 0.3 is 5.97 Å². The van der Waals surface area contributed by atoms with E-state index in [-0.39, 0.29) is 18.4 Å². The van der Waals surface area contributed by atoms with Crippen LogP contribution in [0.1, 0.15) is 36.5 Å². The van der Waals surface area contributed by atoms with Gasteiger partial charge in [-0.05, 0) is 31.2 Å². The number of carboxylic acid groups (broad SMARTS) is 1. The molecule has 1 heterocycles. The van der Waals surface area contributed by atoms with Gasteiger partial charge in [0.05, 0.1) is 0 Å². The van der Waals surface area contributed by atoms with Crippen molar-refractivity contribution in [2.24, 2.45) is 0 Å². The summed E-state index contributed by atoms with van der Waals surface area (Å²) in [6.07, 6.45) is 1.42. The van der Waals surface area contributed by atoms with E-state index in [4.69, 9.17) is 5.11 Å². The third-order valence-electron chi connectivity index (χ3n) is 2.19. The van der Waals surface area contributed by atoms with Crippen molar-refractivity contribution in [3.8, 4) is 0 Å². The minimum Gasteiger partial charge on any atom is -0.481 e. The zero-order valence-electron chi connectivity index (χ0n) is 9.10. The molecular formula is C11H15NO3S. The highest BCUT2D eigenvalue weighted by atomic mass is 32.1. The highest BCUT2D eigenvalue weighted by Gasteiger charge is 2.10. The van der Waals surface area contributed by atoms with E-state index in [0.717, 1.165) is 0 Å². The summed E-state index contributed by atoms with van der Waals surface area (Å²) in [6, 6.07) is 1.77. The van der Waals surface area contributed by atoms with Crippen LogP contribution in [0.4, 0.5) is 0 Å². The lowest BCUT2D eigenvalue weighted by Gasteiger charge is -2.12. The number of carbonyl (C=O) groups is 2. The molecule has 0 fully saturated rings. The second-order valence-corrected chi connectivity index (χ2v) is 4.45. The van der Waals surface area contributed by atoms with Crippen LogP contribution in [0.25, 0.3) is 0 Å². The minimum absolute atomic E-state index is 0.00625. The molecule has 1 amide bonds. The quantitative estimate of drug-likeness (QED) is 0.801. The molecule has 0 spiro atoms. The Bertz CT molecular complexity index is 348. The van der Waals surface area contributed by atoms with Crippen LogP contribution >= 0.6 is 11.3 Å². The Kier molecular flexibility index (Phi) is 4.98. The molecule has 2 N–H and O–H groups in total. The number of rotatable bonds is 6. The van der Waals surface area contributed by atoms with Crippen molar-refractivity contribution in [2.75, 3.05) is 0 Å². The molecule has 1 aromatic heterocycles. The summed E-state index contributed by atoms with van der Waals surface area (Å²) in [5, 5.41) is 14.9. The van der Waals surface area contributed by atoms with Gasteiger partial charge in [0, 0.05) is 23.4 Å². The molecule has 0 aromatic carbocycles. The number of hydrogen-bond acceptors (Lipinski definition) is 3. The largest absolute Gasteiger partial charge is 0.481 e. The number of nitrogens with one attached hydrogen (secondary N) is 1. The van der Waals surface area contributed by atoms with Crippen LogP contribution in [0, 0.1) is 0 Å². The summed E-state index contributed by atoms with van der Waals surface area (Å²) in [5.74, 6) is -0.888. The standard InChI is InChI=1S/C11H15NO3S/c1-8(3-2-4-10(13)14)12-11(15)9-5-6-16-7-9/h5-8H,2-4H2,1H3,(H,12,15)(H,13,14). The molecule has 0 saturated heterocycles. The predicted molar refractivity (Wildman–Crippen MR) is 62.7 cm³/mol. The number of amides is 1. The van der Waals surface area contributed by atoms with Crippen molar-refractivity contribution in [1.29, 1.82) is 0 Å². The van der Waals surface area contributed by atoms with E-state index in [1.165, 1.54) is 11.3 Å². The van der Waals surface area contributed by atoms with Gasteiger partial charge in [0.2, 0.25) is 0 Å². The van der Waals surface area contributed by atoms with E-state index >= 15 is 0 Å². The van der Waals surface area contributed by atoms with E-state index in [9.17, 15) is 9.59 Å². The molecule has 16 heavy (non-hydrogen) atoms. The Morgan fingerprint density at radius 3 is 2.88 bits per heavy atom. The van der Waals surface area contributed by atoms with Crippen LogP contribution in [-0.4, -0.2) is 23.0 Å². The predicted octanol–water partition coefficient (Wildman–Crippen LogP) is 2.12. The summed E-state index contributed by atoms with van der Waals surface area (Å²) in [4.78, 5) is 21.9. The topological polar surface area (TPSA) is 66.4 Å². The van der Waals surface area contributed by atoms with Gasteiger partial charge in [-0.1, -0.05) is 0 Å². The fourth-order valence-corrected chi connectivity index (χ4v) is 1.97. The lowest BCUT2D eigenvalue weighted by atomic mass is 10.1. The monoisotopic (exact) mass is 241 g/mol. The van der Waals surface area contributed by atoms with Crippen molar-refractivity contribution in [3.63, 3.8) is 0 Å². The zero-order chi connectivity index (χ0) is 12.0. The highest BCUT2D eigenvalue weighted by molar-refractivity contribution is 7.08. The van der Waals surface area contributed by atoms with Crippen LogP contribution in [0.15, 0.2) is 16.8 Å². The number of aliphatic carboxylic acids is 1. The molecule has 1 aromatic rings. The van der Waals surface area contributed by atoms with Gasteiger partial charge in [-0.25, -0.2) is 0 Å². The van der Waals surface area contributed by atoms with Crippen molar-refractivity contribution >= 4 is 23.2 Å². The van der Waals surface area contributed by atoms with E-state index < -0.39 is 5.97 Å². The highest BCUT2D eigenvalue weighted by Crippen LogP contribution is 2.07. The van der Waals surface area contributed by atoms with Crippen LogP contribution in [0.2, 0.25) is 0 Å². The first-order valence-corrected chi connectivity index (χ1v) is 6.08. The lowest BCUT2D eigenvalue weighted by molar-refractivity contribution is -0.137. The Morgan fingerprint density at radius 1 is 1.56 bits per heavy atom. The number of carboxylic acids is 1. The molecule has 1 atom stereocenters. The summed E-state index contributed by atoms with van der Waals surface area (Å²) in [6.45, 7) is 1.88. The first kappa shape index (κ1) is 12.7. The second kappa shape index (κ2) is 6.27. The van der Waals surface area contributed by atoms with E-state index in [1.807, 2.05) is 12.3 Å². The first-order valence-electron chi connectivity index (χ1n) is 5.14. The number of hydrogen-bond donors (Lipinski definition) is 2. The molecule has 0 aliphatic carbocycles. The SMILES string of the molecule is CC(CCCC(=O)O)NC(=O)c1ccsc1. The molecule has 1 rings (SSSR count). The van der Waals surface area contributed by atoms with Crippen LogP contribution < -0.4 is 5.32 Å². The normalized spacial score (nSPS) is 12.1. The summed E-state index contributed by atoms with van der Waals surface area (Å²) in [5.41, 5.74) is 0.662. The van der Waals surface area contributed by atoms with E-state index in [1.54, 1.807) is 11.4 Å². The van der Waals surface area contributed by atoms with Crippen molar-refractivity contribution in [3.05, 3.63) is 22.4 Å². The van der Waals surface area contributed by atoms with Gasteiger partial charge < -0.3 is 10.4 Å². The number of carbonyl (C=O) groups excluding carboxylic acids is 1. The molecule has 88 valence electrons. The Hall–Kier alpha value is -1.36. The number of thiophene rings is 1. The van der Waals surface area contributed by atoms with Gasteiger partial charge in [-0.3, -0.25) is 9.59 Å². The smallest absolute Gasteiger partial charge is 0.303 e. The molecule has 0 saturated carbocycles. The van der Waals surface area contributed by atoms with Crippen molar-refractivity contribution in [1.82, 2.24) is 5.32 Å². The van der Waals surface area contributed by atoms with E-state index in [2.05, 4.69) is 5.32 Å². The third-order valence-corrected chi connectivity index (χ3v) is 2.87. The van der Waals surface area contributed by atoms with Gasteiger partial charge in [-0.15, -0.1) is 0 Å². The van der Waals surface area contributed by atoms with Gasteiger partial charge in [-0.2, -0.15) is 11.3 Å². The maximum Gasteiger partial charge on any atom is 0.303 e. The lowest BCUT2D eigenvalue weighted by Crippen LogP contribution is -2.32. The third kappa shape index (κ3) is 4.44. The molecule has 0 aliphatic rings. The van der Waals surface area contributed by atoms with Crippen LogP contribution in [-0.2, 0) is 4.79 Å². The average Bonchev–Trinajstić information content (AvgIpc) is 2.69. The average molecular weight is 241 g/mol. The fourth-order valence-electron chi connectivity index (χ4n) is 1.33. The molecule has 5 heteroatoms. The van der Waals surface area contributed by atoms with Gasteiger partial charge in [0.15, 0.2) is 0 Å². The van der Waals surface area contributed by atoms with E-state index in [0.29, 0.717) is 18.4 Å². The van der Waals surface area contributed by atoms with Crippen molar-refractivity contribution < 1.29 is 14.7 Å². The molecule has 4 nitrogen and oxygen atoms in total. The molecule has 0 radical (unpaired) electrons. The summed E-state index contributed by atoms with van der Waals surface area (Å²) < 4.78 is 0. The van der Waals surface area contributed by atoms with Crippen LogP contribution in [0.3, 0.4) is 0 Å².